The Hall–Kier alpha value is -0.380. The van der Waals surface area contributed by atoms with Gasteiger partial charge in [-0.05, 0) is 37.3 Å². The second-order valence-electron chi connectivity index (χ2n) is 6.39. The first-order chi connectivity index (χ1) is 9.92. The third-order valence-corrected chi connectivity index (χ3v) is 4.79. The van der Waals surface area contributed by atoms with Crippen molar-refractivity contribution in [2.45, 2.75) is 65.6 Å². The van der Waals surface area contributed by atoms with E-state index in [1.54, 1.807) is 0 Å². The molecule has 1 rings (SSSR count). The van der Waals surface area contributed by atoms with E-state index in [1.165, 1.54) is 5.56 Å². The fraction of sp³-hybridized carbons (Fsp3) is 0.667. The zero-order chi connectivity index (χ0) is 16.0. The molecule has 0 bridgehead atoms. The summed E-state index contributed by atoms with van der Waals surface area (Å²) in [6.07, 6.45) is 2.33. The molecule has 21 heavy (non-hydrogen) atoms. The summed E-state index contributed by atoms with van der Waals surface area (Å²) in [6.45, 7) is 12.3. The summed E-state index contributed by atoms with van der Waals surface area (Å²) in [4.78, 5) is 2.62. The standard InChI is InChI=1S/C18H31BrN2/c1-6-15(7-2)21(12-13(3)4)18(14(5)20)16-10-8-9-11-17(16)19/h8-11,13-15,18H,6-7,12,20H2,1-5H3. The van der Waals surface area contributed by atoms with Gasteiger partial charge in [0.15, 0.2) is 0 Å². The van der Waals surface area contributed by atoms with Gasteiger partial charge in [0, 0.05) is 23.1 Å². The van der Waals surface area contributed by atoms with Crippen LogP contribution in [0.2, 0.25) is 0 Å². The average molecular weight is 355 g/mol. The molecule has 0 spiro atoms. The van der Waals surface area contributed by atoms with E-state index in [-0.39, 0.29) is 12.1 Å². The summed E-state index contributed by atoms with van der Waals surface area (Å²) in [5.41, 5.74) is 7.70. The molecule has 2 nitrogen and oxygen atoms in total. The highest BCUT2D eigenvalue weighted by Crippen LogP contribution is 2.33. The van der Waals surface area contributed by atoms with E-state index in [0.29, 0.717) is 12.0 Å². The third-order valence-electron chi connectivity index (χ3n) is 4.07. The topological polar surface area (TPSA) is 29.3 Å². The summed E-state index contributed by atoms with van der Waals surface area (Å²) in [6, 6.07) is 9.43. The van der Waals surface area contributed by atoms with Crippen LogP contribution in [0.15, 0.2) is 28.7 Å². The zero-order valence-electron chi connectivity index (χ0n) is 14.1. The van der Waals surface area contributed by atoms with E-state index in [4.69, 9.17) is 5.73 Å². The average Bonchev–Trinajstić information content (AvgIpc) is 2.41. The Balaban J connectivity index is 3.22. The van der Waals surface area contributed by atoms with E-state index in [0.717, 1.165) is 23.9 Å². The van der Waals surface area contributed by atoms with Gasteiger partial charge in [-0.25, -0.2) is 0 Å². The molecule has 0 amide bonds. The normalized spacial score (nSPS) is 15.0. The Morgan fingerprint density at radius 2 is 1.67 bits per heavy atom. The van der Waals surface area contributed by atoms with Crippen LogP contribution in [-0.2, 0) is 0 Å². The van der Waals surface area contributed by atoms with Gasteiger partial charge in [-0.3, -0.25) is 4.90 Å². The van der Waals surface area contributed by atoms with Crippen molar-refractivity contribution in [3.8, 4) is 0 Å². The van der Waals surface area contributed by atoms with Crippen LogP contribution in [0.4, 0.5) is 0 Å². The molecule has 0 saturated heterocycles. The molecular formula is C18H31BrN2. The van der Waals surface area contributed by atoms with Crippen LogP contribution < -0.4 is 5.73 Å². The number of hydrogen-bond acceptors (Lipinski definition) is 2. The number of nitrogens with two attached hydrogens (primary N) is 1. The van der Waals surface area contributed by atoms with E-state index >= 15 is 0 Å². The lowest BCUT2D eigenvalue weighted by Crippen LogP contribution is -2.46. The van der Waals surface area contributed by atoms with Gasteiger partial charge in [-0.15, -0.1) is 0 Å². The summed E-state index contributed by atoms with van der Waals surface area (Å²) >= 11 is 3.71. The van der Waals surface area contributed by atoms with E-state index in [2.05, 4.69) is 79.7 Å². The first-order valence-electron chi connectivity index (χ1n) is 8.18. The second kappa shape index (κ2) is 8.92. The van der Waals surface area contributed by atoms with Crippen molar-refractivity contribution in [2.24, 2.45) is 11.7 Å². The van der Waals surface area contributed by atoms with Gasteiger partial charge < -0.3 is 5.73 Å². The fourth-order valence-electron chi connectivity index (χ4n) is 3.15. The maximum absolute atomic E-state index is 6.40. The maximum atomic E-state index is 6.40. The van der Waals surface area contributed by atoms with Crippen molar-refractivity contribution in [1.82, 2.24) is 4.90 Å². The van der Waals surface area contributed by atoms with Crippen LogP contribution in [0.1, 0.15) is 59.1 Å². The summed E-state index contributed by atoms with van der Waals surface area (Å²) in [5, 5.41) is 0. The van der Waals surface area contributed by atoms with Crippen molar-refractivity contribution < 1.29 is 0 Å². The predicted molar refractivity (Wildman–Crippen MR) is 96.4 cm³/mol. The highest BCUT2D eigenvalue weighted by Gasteiger charge is 2.30. The molecule has 0 saturated carbocycles. The third kappa shape index (κ3) is 5.08. The van der Waals surface area contributed by atoms with E-state index in [1.807, 2.05) is 0 Å². The van der Waals surface area contributed by atoms with Gasteiger partial charge >= 0.3 is 0 Å². The molecule has 120 valence electrons. The largest absolute Gasteiger partial charge is 0.326 e. The smallest absolute Gasteiger partial charge is 0.0510 e. The first kappa shape index (κ1) is 18.7. The van der Waals surface area contributed by atoms with Crippen LogP contribution in [0, 0.1) is 5.92 Å². The highest BCUT2D eigenvalue weighted by molar-refractivity contribution is 9.10. The van der Waals surface area contributed by atoms with Crippen LogP contribution in [-0.4, -0.2) is 23.5 Å². The number of nitrogens with zero attached hydrogens (tertiary/aromatic N) is 1. The molecule has 1 aromatic carbocycles. The van der Waals surface area contributed by atoms with Gasteiger partial charge in [0.25, 0.3) is 0 Å². The predicted octanol–water partition coefficient (Wildman–Crippen LogP) is 4.98. The lowest BCUT2D eigenvalue weighted by molar-refractivity contribution is 0.0951. The van der Waals surface area contributed by atoms with Crippen molar-refractivity contribution in [3.05, 3.63) is 34.3 Å². The minimum absolute atomic E-state index is 0.100. The summed E-state index contributed by atoms with van der Waals surface area (Å²) in [5.74, 6) is 0.634. The zero-order valence-corrected chi connectivity index (χ0v) is 15.7. The lowest BCUT2D eigenvalue weighted by atomic mass is 9.94. The Bertz CT molecular complexity index is 413. The molecular weight excluding hydrogens is 324 g/mol. The van der Waals surface area contributed by atoms with Crippen LogP contribution in [0.5, 0.6) is 0 Å². The van der Waals surface area contributed by atoms with Crippen molar-refractivity contribution in [3.63, 3.8) is 0 Å². The molecule has 2 unspecified atom stereocenters. The maximum Gasteiger partial charge on any atom is 0.0510 e. The van der Waals surface area contributed by atoms with Crippen LogP contribution >= 0.6 is 15.9 Å². The summed E-state index contributed by atoms with van der Waals surface area (Å²) < 4.78 is 1.16. The van der Waals surface area contributed by atoms with Gasteiger partial charge in [0.1, 0.15) is 0 Å². The Kier molecular flexibility index (Phi) is 7.93. The molecule has 0 heterocycles. The Morgan fingerprint density at radius 3 is 2.10 bits per heavy atom. The van der Waals surface area contributed by atoms with Gasteiger partial charge in [-0.2, -0.15) is 0 Å². The quantitative estimate of drug-likeness (QED) is 0.712. The number of hydrogen-bond donors (Lipinski definition) is 1. The number of halogens is 1. The SMILES string of the molecule is CCC(CC)N(CC(C)C)C(c1ccccc1Br)C(C)N. The van der Waals surface area contributed by atoms with Crippen LogP contribution in [0.25, 0.3) is 0 Å². The Morgan fingerprint density at radius 1 is 1.10 bits per heavy atom. The Labute approximate surface area is 139 Å². The number of rotatable bonds is 8. The monoisotopic (exact) mass is 354 g/mol. The molecule has 0 radical (unpaired) electrons. The minimum atomic E-state index is 0.100. The first-order valence-corrected chi connectivity index (χ1v) is 8.97. The van der Waals surface area contributed by atoms with Gasteiger partial charge in [0.05, 0.1) is 6.04 Å². The molecule has 0 aliphatic carbocycles. The van der Waals surface area contributed by atoms with Crippen molar-refractivity contribution >= 4 is 15.9 Å². The molecule has 0 aliphatic heterocycles. The van der Waals surface area contributed by atoms with E-state index in [9.17, 15) is 0 Å². The summed E-state index contributed by atoms with van der Waals surface area (Å²) in [7, 11) is 0. The minimum Gasteiger partial charge on any atom is -0.326 e. The van der Waals surface area contributed by atoms with Crippen molar-refractivity contribution in [1.29, 1.82) is 0 Å². The van der Waals surface area contributed by atoms with Gasteiger partial charge in [0.2, 0.25) is 0 Å². The molecule has 2 atom stereocenters. The van der Waals surface area contributed by atoms with Crippen LogP contribution in [0.3, 0.4) is 0 Å². The fourth-order valence-corrected chi connectivity index (χ4v) is 3.67. The second-order valence-corrected chi connectivity index (χ2v) is 7.24. The molecule has 0 aliphatic rings. The molecule has 0 fully saturated rings. The van der Waals surface area contributed by atoms with Crippen molar-refractivity contribution in [2.75, 3.05) is 6.54 Å². The molecule has 3 heteroatoms. The van der Waals surface area contributed by atoms with Gasteiger partial charge in [-0.1, -0.05) is 61.8 Å². The number of benzene rings is 1. The lowest BCUT2D eigenvalue weighted by Gasteiger charge is -2.41. The molecule has 2 N–H and O–H groups in total. The molecule has 0 aromatic heterocycles. The molecule has 1 aromatic rings. The van der Waals surface area contributed by atoms with E-state index < -0.39 is 0 Å². The highest BCUT2D eigenvalue weighted by atomic mass is 79.9.